The van der Waals surface area contributed by atoms with Crippen LogP contribution in [0.25, 0.3) is 0 Å². The second-order valence-electron chi connectivity index (χ2n) is 4.33. The molecule has 1 saturated carbocycles. The molecule has 1 fully saturated rings. The summed E-state index contributed by atoms with van der Waals surface area (Å²) >= 11 is 5.57. The molecule has 1 aliphatic rings. The Morgan fingerprint density at radius 2 is 2.07 bits per heavy atom. The Hall–Kier alpha value is -0.280. The Labute approximate surface area is 89.9 Å². The molecule has 0 amide bonds. The molecule has 1 aliphatic carbocycles. The minimum atomic E-state index is -0.776. The van der Waals surface area contributed by atoms with Crippen LogP contribution >= 0.6 is 11.8 Å². The van der Waals surface area contributed by atoms with Crippen LogP contribution in [0.2, 0.25) is 0 Å². The highest BCUT2D eigenvalue weighted by Gasteiger charge is 2.27. The molecule has 14 heavy (non-hydrogen) atoms. The van der Waals surface area contributed by atoms with E-state index < -0.39 is 5.97 Å². The van der Waals surface area contributed by atoms with Gasteiger partial charge in [-0.1, -0.05) is 19.8 Å². The third-order valence-electron chi connectivity index (χ3n) is 3.16. The van der Waals surface area contributed by atoms with Crippen molar-refractivity contribution >= 4 is 17.7 Å². The largest absolute Gasteiger partial charge is 0.481 e. The van der Waals surface area contributed by atoms with Crippen molar-refractivity contribution < 1.29 is 9.90 Å². The average Bonchev–Trinajstić information content (AvgIpc) is 2.15. The summed E-state index contributed by atoms with van der Waals surface area (Å²) in [5, 5.41) is 8.70. The standard InChI is InChI=1S/C10H18ClNO2/c1-7-2-4-8(5-3-7)9(12-11)6-10(13)14/h7-9,12H,2-6H2,1H3,(H,13,14). The van der Waals surface area contributed by atoms with Gasteiger partial charge < -0.3 is 5.11 Å². The molecule has 82 valence electrons. The number of halogens is 1. The summed E-state index contributed by atoms with van der Waals surface area (Å²) in [5.41, 5.74) is 0. The van der Waals surface area contributed by atoms with Gasteiger partial charge in [0, 0.05) is 6.04 Å². The van der Waals surface area contributed by atoms with Crippen LogP contribution in [-0.4, -0.2) is 17.1 Å². The van der Waals surface area contributed by atoms with Gasteiger partial charge in [0.05, 0.1) is 6.42 Å². The number of aliphatic carboxylic acids is 1. The molecular weight excluding hydrogens is 202 g/mol. The molecule has 0 aromatic heterocycles. The highest BCUT2D eigenvalue weighted by Crippen LogP contribution is 2.31. The van der Waals surface area contributed by atoms with Crippen LogP contribution in [0.5, 0.6) is 0 Å². The van der Waals surface area contributed by atoms with Crippen LogP contribution in [0.15, 0.2) is 0 Å². The van der Waals surface area contributed by atoms with Crippen LogP contribution in [0.1, 0.15) is 39.0 Å². The summed E-state index contributed by atoms with van der Waals surface area (Å²) in [6.07, 6.45) is 4.71. The normalized spacial score (nSPS) is 29.9. The van der Waals surface area contributed by atoms with Crippen molar-refractivity contribution in [3.63, 3.8) is 0 Å². The Balaban J connectivity index is 2.40. The highest BCUT2D eigenvalue weighted by atomic mass is 35.5. The van der Waals surface area contributed by atoms with Crippen molar-refractivity contribution in [3.8, 4) is 0 Å². The smallest absolute Gasteiger partial charge is 0.304 e. The van der Waals surface area contributed by atoms with Crippen LogP contribution in [0.4, 0.5) is 0 Å². The zero-order valence-electron chi connectivity index (χ0n) is 8.50. The third kappa shape index (κ3) is 3.46. The molecule has 1 rings (SSSR count). The lowest BCUT2D eigenvalue weighted by molar-refractivity contribution is -0.137. The number of hydrogen-bond donors (Lipinski definition) is 2. The van der Waals surface area contributed by atoms with E-state index in [1.807, 2.05) is 0 Å². The Kier molecular flexibility index (Phi) is 4.69. The van der Waals surface area contributed by atoms with Gasteiger partial charge in [-0.05, 0) is 36.5 Å². The van der Waals surface area contributed by atoms with E-state index in [9.17, 15) is 4.79 Å². The summed E-state index contributed by atoms with van der Waals surface area (Å²) in [4.78, 5) is 13.2. The lowest BCUT2D eigenvalue weighted by Crippen LogP contribution is -2.35. The van der Waals surface area contributed by atoms with Crippen LogP contribution in [0.3, 0.4) is 0 Å². The van der Waals surface area contributed by atoms with Gasteiger partial charge in [-0.3, -0.25) is 4.79 Å². The summed E-state index contributed by atoms with van der Waals surface area (Å²) in [6, 6.07) is -0.0679. The van der Waals surface area contributed by atoms with E-state index in [-0.39, 0.29) is 12.5 Å². The van der Waals surface area contributed by atoms with Crippen molar-refractivity contribution in [1.82, 2.24) is 4.84 Å². The SMILES string of the molecule is CC1CCC(C(CC(=O)O)NCl)CC1. The monoisotopic (exact) mass is 219 g/mol. The lowest BCUT2D eigenvalue weighted by atomic mass is 9.79. The van der Waals surface area contributed by atoms with E-state index >= 15 is 0 Å². The van der Waals surface area contributed by atoms with Crippen molar-refractivity contribution in [2.45, 2.75) is 45.1 Å². The van der Waals surface area contributed by atoms with E-state index in [0.29, 0.717) is 5.92 Å². The summed E-state index contributed by atoms with van der Waals surface area (Å²) in [7, 11) is 0. The van der Waals surface area contributed by atoms with Gasteiger partial charge in [0.25, 0.3) is 0 Å². The van der Waals surface area contributed by atoms with Crippen molar-refractivity contribution in [1.29, 1.82) is 0 Å². The molecule has 4 heteroatoms. The third-order valence-corrected chi connectivity index (χ3v) is 3.44. The molecule has 0 radical (unpaired) electrons. The average molecular weight is 220 g/mol. The fourth-order valence-electron chi connectivity index (χ4n) is 2.17. The molecule has 3 nitrogen and oxygen atoms in total. The van der Waals surface area contributed by atoms with Gasteiger partial charge >= 0.3 is 5.97 Å². The fraction of sp³-hybridized carbons (Fsp3) is 0.900. The first-order valence-corrected chi connectivity index (χ1v) is 5.59. The Morgan fingerprint density at radius 3 is 2.50 bits per heavy atom. The zero-order valence-corrected chi connectivity index (χ0v) is 9.26. The predicted molar refractivity (Wildman–Crippen MR) is 56.2 cm³/mol. The molecule has 1 atom stereocenters. The highest BCUT2D eigenvalue weighted by molar-refractivity contribution is 6.13. The lowest BCUT2D eigenvalue weighted by Gasteiger charge is -2.31. The fourth-order valence-corrected chi connectivity index (χ4v) is 2.43. The molecule has 2 N–H and O–H groups in total. The maximum atomic E-state index is 10.6. The van der Waals surface area contributed by atoms with Crippen molar-refractivity contribution in [2.75, 3.05) is 0 Å². The zero-order chi connectivity index (χ0) is 10.6. The second kappa shape index (κ2) is 5.56. The van der Waals surface area contributed by atoms with Gasteiger partial charge in [-0.15, -0.1) is 0 Å². The summed E-state index contributed by atoms with van der Waals surface area (Å²) in [6.45, 7) is 2.25. The number of carboxylic acid groups (broad SMARTS) is 1. The van der Waals surface area contributed by atoms with Gasteiger partial charge in [-0.25, -0.2) is 4.84 Å². The minimum absolute atomic E-state index is 0.0679. The Morgan fingerprint density at radius 1 is 1.50 bits per heavy atom. The maximum Gasteiger partial charge on any atom is 0.304 e. The predicted octanol–water partition coefficient (Wildman–Crippen LogP) is 2.40. The van der Waals surface area contributed by atoms with Crippen molar-refractivity contribution in [3.05, 3.63) is 0 Å². The minimum Gasteiger partial charge on any atom is -0.481 e. The molecule has 0 aliphatic heterocycles. The number of hydrogen-bond acceptors (Lipinski definition) is 2. The quantitative estimate of drug-likeness (QED) is 0.714. The molecule has 0 aromatic rings. The van der Waals surface area contributed by atoms with Crippen LogP contribution in [0, 0.1) is 11.8 Å². The topological polar surface area (TPSA) is 49.3 Å². The van der Waals surface area contributed by atoms with Gasteiger partial charge in [0.1, 0.15) is 0 Å². The number of carboxylic acids is 1. The second-order valence-corrected chi connectivity index (χ2v) is 4.55. The van der Waals surface area contributed by atoms with Gasteiger partial charge in [0.15, 0.2) is 0 Å². The van der Waals surface area contributed by atoms with E-state index in [1.54, 1.807) is 0 Å². The molecule has 0 aromatic carbocycles. The maximum absolute atomic E-state index is 10.6. The number of nitrogens with one attached hydrogen (secondary N) is 1. The molecule has 0 spiro atoms. The Bertz CT molecular complexity index is 191. The number of rotatable bonds is 4. The van der Waals surface area contributed by atoms with E-state index in [2.05, 4.69) is 11.8 Å². The molecular formula is C10H18ClNO2. The molecule has 1 unspecified atom stereocenters. The first-order chi connectivity index (χ1) is 6.63. The summed E-state index contributed by atoms with van der Waals surface area (Å²) in [5.74, 6) is 0.439. The van der Waals surface area contributed by atoms with E-state index in [1.165, 1.54) is 12.8 Å². The first-order valence-electron chi connectivity index (χ1n) is 5.21. The van der Waals surface area contributed by atoms with Gasteiger partial charge in [0.2, 0.25) is 0 Å². The van der Waals surface area contributed by atoms with Crippen LogP contribution in [-0.2, 0) is 4.79 Å². The van der Waals surface area contributed by atoms with Gasteiger partial charge in [-0.2, -0.15) is 0 Å². The first kappa shape index (κ1) is 11.8. The van der Waals surface area contributed by atoms with E-state index in [4.69, 9.17) is 16.9 Å². The molecule has 0 heterocycles. The summed E-state index contributed by atoms with van der Waals surface area (Å²) < 4.78 is 0. The van der Waals surface area contributed by atoms with Crippen molar-refractivity contribution in [2.24, 2.45) is 11.8 Å². The van der Waals surface area contributed by atoms with Crippen LogP contribution < -0.4 is 4.84 Å². The molecule has 0 bridgehead atoms. The molecule has 0 saturated heterocycles. The number of carbonyl (C=O) groups is 1. The van der Waals surface area contributed by atoms with E-state index in [0.717, 1.165) is 18.8 Å².